The molecule has 1 nitrogen and oxygen atoms in total. The Kier molecular flexibility index (Phi) is 4.55. The molecule has 2 rings (SSSR count). The van der Waals surface area contributed by atoms with E-state index in [1.54, 1.807) is 12.1 Å². The molecule has 106 valence electrons. The molecule has 0 saturated carbocycles. The van der Waals surface area contributed by atoms with Crippen molar-refractivity contribution >= 4 is 23.4 Å². The minimum Gasteiger partial charge on any atom is -0.249 e. The van der Waals surface area contributed by atoms with E-state index in [1.165, 1.54) is 12.1 Å². The Morgan fingerprint density at radius 2 is 1.90 bits per heavy atom. The van der Waals surface area contributed by atoms with E-state index in [9.17, 15) is 17.6 Å². The number of thioether (sulfide) groups is 1. The van der Waals surface area contributed by atoms with Gasteiger partial charge in [-0.1, -0.05) is 23.7 Å². The molecule has 0 saturated heterocycles. The number of alkyl halides is 3. The number of aromatic nitrogens is 1. The summed E-state index contributed by atoms with van der Waals surface area (Å²) >= 11 is 6.78. The molecule has 0 spiro atoms. The summed E-state index contributed by atoms with van der Waals surface area (Å²) in [5, 5.41) is 0.404. The number of pyridine rings is 1. The fourth-order valence-corrected chi connectivity index (χ4v) is 2.46. The zero-order chi connectivity index (χ0) is 14.8. The van der Waals surface area contributed by atoms with Gasteiger partial charge in [-0.3, -0.25) is 0 Å². The van der Waals surface area contributed by atoms with Crippen LogP contribution in [0.4, 0.5) is 17.6 Å². The van der Waals surface area contributed by atoms with Crippen LogP contribution in [0.5, 0.6) is 0 Å². The molecule has 1 aromatic carbocycles. The van der Waals surface area contributed by atoms with Crippen LogP contribution in [-0.4, -0.2) is 4.98 Å². The van der Waals surface area contributed by atoms with Gasteiger partial charge in [-0.2, -0.15) is 13.2 Å². The van der Waals surface area contributed by atoms with Crippen LogP contribution in [0.3, 0.4) is 0 Å². The van der Waals surface area contributed by atoms with Crippen LogP contribution in [0.2, 0.25) is 5.02 Å². The first-order valence-corrected chi connectivity index (χ1v) is 6.83. The van der Waals surface area contributed by atoms with E-state index in [4.69, 9.17) is 11.6 Å². The molecule has 7 heteroatoms. The number of rotatable bonds is 3. The first-order chi connectivity index (χ1) is 9.38. The van der Waals surface area contributed by atoms with Gasteiger partial charge in [0.15, 0.2) is 0 Å². The Morgan fingerprint density at radius 1 is 1.15 bits per heavy atom. The average Bonchev–Trinajstić information content (AvgIpc) is 2.40. The van der Waals surface area contributed by atoms with Gasteiger partial charge in [-0.15, -0.1) is 11.8 Å². The Hall–Kier alpha value is -1.27. The van der Waals surface area contributed by atoms with E-state index >= 15 is 0 Å². The summed E-state index contributed by atoms with van der Waals surface area (Å²) in [6.45, 7) is 0. The molecular weight excluding hydrogens is 314 g/mol. The van der Waals surface area contributed by atoms with Gasteiger partial charge < -0.3 is 0 Å². The van der Waals surface area contributed by atoms with Crippen molar-refractivity contribution in [3.8, 4) is 0 Å². The van der Waals surface area contributed by atoms with E-state index in [0.29, 0.717) is 10.6 Å². The predicted octanol–water partition coefficient (Wildman–Crippen LogP) is 5.19. The lowest BCUT2D eigenvalue weighted by Crippen LogP contribution is -2.05. The Morgan fingerprint density at radius 3 is 2.50 bits per heavy atom. The van der Waals surface area contributed by atoms with E-state index in [1.807, 2.05) is 0 Å². The second kappa shape index (κ2) is 6.01. The van der Waals surface area contributed by atoms with Crippen molar-refractivity contribution in [2.45, 2.75) is 17.0 Å². The van der Waals surface area contributed by atoms with Gasteiger partial charge in [-0.05, 0) is 23.8 Å². The quantitative estimate of drug-likeness (QED) is 0.570. The van der Waals surface area contributed by atoms with Crippen LogP contribution in [0.1, 0.15) is 11.1 Å². The van der Waals surface area contributed by atoms with Gasteiger partial charge in [0.1, 0.15) is 5.82 Å². The second-order valence-corrected chi connectivity index (χ2v) is 5.29. The highest BCUT2D eigenvalue weighted by atomic mass is 35.5. The number of nitrogens with zero attached hydrogens (tertiary/aromatic N) is 1. The molecule has 1 aromatic heterocycles. The highest BCUT2D eigenvalue weighted by molar-refractivity contribution is 7.98. The van der Waals surface area contributed by atoms with Crippen molar-refractivity contribution in [1.29, 1.82) is 0 Å². The van der Waals surface area contributed by atoms with Crippen LogP contribution in [0.25, 0.3) is 0 Å². The van der Waals surface area contributed by atoms with E-state index < -0.39 is 17.6 Å². The molecule has 0 N–H and O–H groups in total. The molecule has 1 heterocycles. The summed E-state index contributed by atoms with van der Waals surface area (Å²) in [5.41, 5.74) is -0.431. The molecule has 0 unspecified atom stereocenters. The highest BCUT2D eigenvalue weighted by Crippen LogP contribution is 2.30. The third kappa shape index (κ3) is 3.64. The molecule has 0 aliphatic carbocycles. The maximum absolute atomic E-state index is 13.6. The fourth-order valence-electron chi connectivity index (χ4n) is 1.44. The number of halogens is 5. The fraction of sp³-hybridized carbons (Fsp3) is 0.154. The highest BCUT2D eigenvalue weighted by Gasteiger charge is 2.30. The lowest BCUT2D eigenvalue weighted by molar-refractivity contribution is -0.137. The molecule has 0 radical (unpaired) electrons. The van der Waals surface area contributed by atoms with Crippen molar-refractivity contribution in [2.24, 2.45) is 0 Å². The molecule has 0 atom stereocenters. The van der Waals surface area contributed by atoms with Crippen molar-refractivity contribution in [3.63, 3.8) is 0 Å². The summed E-state index contributed by atoms with van der Waals surface area (Å²) in [7, 11) is 0. The summed E-state index contributed by atoms with van der Waals surface area (Å²) in [4.78, 5) is 3.70. The van der Waals surface area contributed by atoms with Crippen LogP contribution >= 0.6 is 23.4 Å². The van der Waals surface area contributed by atoms with E-state index in [-0.39, 0.29) is 10.8 Å². The number of hydrogen-bond donors (Lipinski definition) is 0. The molecule has 0 aliphatic rings. The zero-order valence-corrected chi connectivity index (χ0v) is 11.5. The van der Waals surface area contributed by atoms with Gasteiger partial charge in [0, 0.05) is 11.9 Å². The first-order valence-electron chi connectivity index (χ1n) is 5.47. The maximum Gasteiger partial charge on any atom is 0.417 e. The third-order valence-corrected chi connectivity index (χ3v) is 3.76. The normalized spacial score (nSPS) is 11.7. The standard InChI is InChI=1S/C13H8ClF4NS/c14-10-3-1-2-8(12(10)15)7-20-11-5-4-9(6-19-11)13(16,17)18/h1-6H,7H2. The van der Waals surface area contributed by atoms with Crippen LogP contribution in [0, 0.1) is 5.82 Å². The van der Waals surface area contributed by atoms with Crippen molar-refractivity contribution in [2.75, 3.05) is 0 Å². The van der Waals surface area contributed by atoms with Crippen LogP contribution < -0.4 is 0 Å². The van der Waals surface area contributed by atoms with E-state index in [0.717, 1.165) is 24.0 Å². The van der Waals surface area contributed by atoms with Crippen LogP contribution in [-0.2, 0) is 11.9 Å². The van der Waals surface area contributed by atoms with Crippen molar-refractivity contribution < 1.29 is 17.6 Å². The average molecular weight is 322 g/mol. The summed E-state index contributed by atoms with van der Waals surface area (Å²) in [6, 6.07) is 6.82. The molecule has 0 aliphatic heterocycles. The molecule has 0 fully saturated rings. The third-order valence-electron chi connectivity index (χ3n) is 2.47. The summed E-state index contributed by atoms with van der Waals surface area (Å²) in [6.07, 6.45) is -3.65. The van der Waals surface area contributed by atoms with Gasteiger partial charge in [0.05, 0.1) is 15.6 Å². The molecular formula is C13H8ClF4NS. The Balaban J connectivity index is 2.06. The largest absolute Gasteiger partial charge is 0.417 e. The molecule has 0 amide bonds. The Bertz CT molecular complexity index is 598. The van der Waals surface area contributed by atoms with E-state index in [2.05, 4.69) is 4.98 Å². The minimum atomic E-state index is -4.41. The van der Waals surface area contributed by atoms with Gasteiger partial charge in [0.25, 0.3) is 0 Å². The number of hydrogen-bond acceptors (Lipinski definition) is 2. The second-order valence-electron chi connectivity index (χ2n) is 3.88. The van der Waals surface area contributed by atoms with Gasteiger partial charge in [-0.25, -0.2) is 9.37 Å². The topological polar surface area (TPSA) is 12.9 Å². The summed E-state index contributed by atoms with van der Waals surface area (Å²) in [5.74, 6) is -0.279. The number of benzene rings is 1. The monoisotopic (exact) mass is 321 g/mol. The summed E-state index contributed by atoms with van der Waals surface area (Å²) < 4.78 is 50.7. The molecule has 2 aromatic rings. The van der Waals surface area contributed by atoms with Crippen LogP contribution in [0.15, 0.2) is 41.6 Å². The van der Waals surface area contributed by atoms with Gasteiger partial charge in [0.2, 0.25) is 0 Å². The van der Waals surface area contributed by atoms with Gasteiger partial charge >= 0.3 is 6.18 Å². The Labute approximate surface area is 122 Å². The van der Waals surface area contributed by atoms with Crippen molar-refractivity contribution in [1.82, 2.24) is 4.98 Å². The lowest BCUT2D eigenvalue weighted by Gasteiger charge is -2.07. The van der Waals surface area contributed by atoms with Crippen molar-refractivity contribution in [3.05, 3.63) is 58.5 Å². The smallest absolute Gasteiger partial charge is 0.249 e. The minimum absolute atomic E-state index is 0.0171. The molecule has 0 bridgehead atoms. The zero-order valence-electron chi connectivity index (χ0n) is 9.92. The lowest BCUT2D eigenvalue weighted by atomic mass is 10.2. The predicted molar refractivity (Wildman–Crippen MR) is 70.2 cm³/mol. The SMILES string of the molecule is Fc1c(Cl)cccc1CSc1ccc(C(F)(F)F)cn1. The maximum atomic E-state index is 13.6. The first kappa shape index (κ1) is 15.1. The molecule has 20 heavy (non-hydrogen) atoms.